The van der Waals surface area contributed by atoms with Crippen LogP contribution in [0, 0.1) is 5.92 Å². The second kappa shape index (κ2) is 10.9. The van der Waals surface area contributed by atoms with Crippen molar-refractivity contribution in [2.75, 3.05) is 13.7 Å². The van der Waals surface area contributed by atoms with E-state index in [1.54, 1.807) is 14.0 Å². The lowest BCUT2D eigenvalue weighted by Crippen LogP contribution is -2.48. The second-order valence-electron chi connectivity index (χ2n) is 7.77. The van der Waals surface area contributed by atoms with Crippen LogP contribution in [-0.4, -0.2) is 54.0 Å². The Morgan fingerprint density at radius 2 is 1.91 bits per heavy atom. The Labute approximate surface area is 188 Å². The molecular formula is C25H29NO6. The smallest absolute Gasteiger partial charge is 0.416 e. The first kappa shape index (κ1) is 23.5. The zero-order valence-electron chi connectivity index (χ0n) is 18.3. The van der Waals surface area contributed by atoms with Crippen molar-refractivity contribution in [2.45, 2.75) is 38.2 Å². The van der Waals surface area contributed by atoms with Crippen molar-refractivity contribution in [2.24, 2.45) is 5.92 Å². The van der Waals surface area contributed by atoms with Gasteiger partial charge in [-0.1, -0.05) is 55.5 Å². The maximum atomic E-state index is 13.1. The molecule has 0 spiro atoms. The molecule has 1 aliphatic rings. The van der Waals surface area contributed by atoms with Gasteiger partial charge in [0.25, 0.3) is 0 Å². The number of nitrogens with zero attached hydrogens (tertiary/aromatic N) is 1. The number of hydrogen-bond donors (Lipinski definition) is 1. The number of amides is 2. The molecule has 1 N–H and O–H groups in total. The lowest BCUT2D eigenvalue weighted by molar-refractivity contribution is -0.140. The molecule has 0 aromatic heterocycles. The number of carbonyl (C=O) groups is 2. The number of hydrogen-bond acceptors (Lipinski definition) is 6. The molecule has 0 bridgehead atoms. The van der Waals surface area contributed by atoms with Gasteiger partial charge >= 0.3 is 6.09 Å². The van der Waals surface area contributed by atoms with E-state index in [-0.39, 0.29) is 13.2 Å². The number of aliphatic hydroxyl groups excluding tert-OH is 1. The average Bonchev–Trinajstić information content (AvgIpc) is 3.19. The Kier molecular flexibility index (Phi) is 8.03. The van der Waals surface area contributed by atoms with E-state index < -0.39 is 36.2 Å². The molecule has 2 aromatic rings. The van der Waals surface area contributed by atoms with Gasteiger partial charge < -0.3 is 19.3 Å². The molecule has 7 heteroatoms. The molecule has 32 heavy (non-hydrogen) atoms. The van der Waals surface area contributed by atoms with Crippen molar-refractivity contribution in [3.05, 3.63) is 78.4 Å². The predicted octanol–water partition coefficient (Wildman–Crippen LogP) is 3.35. The van der Waals surface area contributed by atoms with E-state index in [9.17, 15) is 14.7 Å². The van der Waals surface area contributed by atoms with E-state index in [4.69, 9.17) is 14.2 Å². The number of benzene rings is 2. The molecule has 2 amide bonds. The van der Waals surface area contributed by atoms with Gasteiger partial charge in [-0.3, -0.25) is 4.79 Å². The van der Waals surface area contributed by atoms with E-state index in [2.05, 4.69) is 6.58 Å². The van der Waals surface area contributed by atoms with Crippen LogP contribution >= 0.6 is 0 Å². The van der Waals surface area contributed by atoms with E-state index in [0.717, 1.165) is 21.8 Å². The summed E-state index contributed by atoms with van der Waals surface area (Å²) in [5.74, 6) is -0.658. The number of aliphatic hydroxyl groups is 1. The third kappa shape index (κ3) is 5.55. The van der Waals surface area contributed by atoms with Crippen LogP contribution in [0.4, 0.5) is 4.79 Å². The van der Waals surface area contributed by atoms with Crippen molar-refractivity contribution in [1.29, 1.82) is 0 Å². The lowest BCUT2D eigenvalue weighted by Gasteiger charge is -2.29. The molecule has 1 aliphatic heterocycles. The molecular weight excluding hydrogens is 410 g/mol. The van der Waals surface area contributed by atoms with Gasteiger partial charge in [0.1, 0.15) is 18.5 Å². The fourth-order valence-corrected chi connectivity index (χ4v) is 3.64. The summed E-state index contributed by atoms with van der Waals surface area (Å²) in [6.45, 7) is 5.65. The first-order valence-electron chi connectivity index (χ1n) is 10.5. The van der Waals surface area contributed by atoms with Gasteiger partial charge in [0.2, 0.25) is 5.91 Å². The van der Waals surface area contributed by atoms with Crippen LogP contribution in [-0.2, 0) is 27.3 Å². The highest BCUT2D eigenvalue weighted by Crippen LogP contribution is 2.23. The SMILES string of the molecule is C=C[C@@H](OCc1ccc(OC)cc1)[C@H](O)[C@@H](C)C(=O)N1C(=O)OC[C@H]1Cc1ccccc1. The summed E-state index contributed by atoms with van der Waals surface area (Å²) < 4.78 is 16.1. The van der Waals surface area contributed by atoms with Gasteiger partial charge in [-0.15, -0.1) is 6.58 Å². The summed E-state index contributed by atoms with van der Waals surface area (Å²) in [5, 5.41) is 10.8. The molecule has 0 unspecified atom stereocenters. The summed E-state index contributed by atoms with van der Waals surface area (Å²) in [7, 11) is 1.59. The highest BCUT2D eigenvalue weighted by Gasteiger charge is 2.42. The average molecular weight is 440 g/mol. The van der Waals surface area contributed by atoms with Crippen molar-refractivity contribution in [3.63, 3.8) is 0 Å². The maximum absolute atomic E-state index is 13.1. The van der Waals surface area contributed by atoms with Crippen molar-refractivity contribution in [1.82, 2.24) is 4.90 Å². The number of rotatable bonds is 10. The zero-order valence-corrected chi connectivity index (χ0v) is 18.3. The van der Waals surface area contributed by atoms with Gasteiger partial charge in [0.15, 0.2) is 0 Å². The Balaban J connectivity index is 1.63. The van der Waals surface area contributed by atoms with E-state index in [1.165, 1.54) is 6.08 Å². The zero-order chi connectivity index (χ0) is 23.1. The van der Waals surface area contributed by atoms with E-state index in [0.29, 0.717) is 6.42 Å². The van der Waals surface area contributed by atoms with E-state index >= 15 is 0 Å². The van der Waals surface area contributed by atoms with Crippen molar-refractivity contribution < 1.29 is 28.9 Å². The normalized spacial score (nSPS) is 18.5. The number of cyclic esters (lactones) is 1. The summed E-state index contributed by atoms with van der Waals surface area (Å²) in [5.41, 5.74) is 1.88. The van der Waals surface area contributed by atoms with Crippen LogP contribution in [0.3, 0.4) is 0 Å². The van der Waals surface area contributed by atoms with Crippen LogP contribution in [0.1, 0.15) is 18.1 Å². The Morgan fingerprint density at radius 3 is 2.53 bits per heavy atom. The van der Waals surface area contributed by atoms with Crippen molar-refractivity contribution in [3.8, 4) is 5.75 Å². The second-order valence-corrected chi connectivity index (χ2v) is 7.77. The Hall–Kier alpha value is -3.16. The Bertz CT molecular complexity index is 914. The summed E-state index contributed by atoms with van der Waals surface area (Å²) in [6.07, 6.45) is -0.711. The fraction of sp³-hybridized carbons (Fsp3) is 0.360. The van der Waals surface area contributed by atoms with Gasteiger partial charge in [-0.25, -0.2) is 9.69 Å². The minimum atomic E-state index is -1.18. The summed E-state index contributed by atoms with van der Waals surface area (Å²) >= 11 is 0. The fourth-order valence-electron chi connectivity index (χ4n) is 3.64. The standard InChI is InChI=1S/C25H29NO6/c1-4-22(31-15-19-10-12-21(30-3)13-11-19)23(27)17(2)24(28)26-20(16-32-25(26)29)14-18-8-6-5-7-9-18/h4-13,17,20,22-23,27H,1,14-16H2,2-3H3/t17-,20-,22-,23-/m1/s1. The largest absolute Gasteiger partial charge is 0.497 e. The van der Waals surface area contributed by atoms with Gasteiger partial charge in [0.05, 0.1) is 31.8 Å². The molecule has 0 aliphatic carbocycles. The van der Waals surface area contributed by atoms with Crippen LogP contribution in [0.25, 0.3) is 0 Å². The summed E-state index contributed by atoms with van der Waals surface area (Å²) in [4.78, 5) is 26.5. The highest BCUT2D eigenvalue weighted by atomic mass is 16.6. The Morgan fingerprint density at radius 1 is 1.22 bits per heavy atom. The molecule has 1 fully saturated rings. The summed E-state index contributed by atoms with van der Waals surface area (Å²) in [6, 6.07) is 16.5. The van der Waals surface area contributed by atoms with Crippen LogP contribution in [0.2, 0.25) is 0 Å². The molecule has 1 heterocycles. The van der Waals surface area contributed by atoms with Gasteiger partial charge in [-0.2, -0.15) is 0 Å². The molecule has 1 saturated heterocycles. The molecule has 0 saturated carbocycles. The predicted molar refractivity (Wildman–Crippen MR) is 119 cm³/mol. The number of methoxy groups -OCH3 is 1. The topological polar surface area (TPSA) is 85.3 Å². The number of carbonyl (C=O) groups excluding carboxylic acids is 2. The van der Waals surface area contributed by atoms with Gasteiger partial charge in [-0.05, 0) is 29.7 Å². The quantitative estimate of drug-likeness (QED) is 0.572. The lowest BCUT2D eigenvalue weighted by atomic mass is 9.96. The third-order valence-electron chi connectivity index (χ3n) is 5.58. The molecule has 2 aromatic carbocycles. The molecule has 0 radical (unpaired) electrons. The van der Waals surface area contributed by atoms with E-state index in [1.807, 2.05) is 54.6 Å². The van der Waals surface area contributed by atoms with Gasteiger partial charge in [0, 0.05) is 0 Å². The van der Waals surface area contributed by atoms with Crippen molar-refractivity contribution >= 4 is 12.0 Å². The van der Waals surface area contributed by atoms with Crippen LogP contribution in [0.5, 0.6) is 5.75 Å². The molecule has 170 valence electrons. The van der Waals surface area contributed by atoms with Crippen LogP contribution < -0.4 is 4.74 Å². The maximum Gasteiger partial charge on any atom is 0.416 e. The third-order valence-corrected chi connectivity index (χ3v) is 5.58. The molecule has 3 rings (SSSR count). The first-order valence-corrected chi connectivity index (χ1v) is 10.5. The highest BCUT2D eigenvalue weighted by molar-refractivity contribution is 5.95. The first-order chi connectivity index (χ1) is 15.4. The number of imide groups is 1. The monoisotopic (exact) mass is 439 g/mol. The van der Waals surface area contributed by atoms with Crippen LogP contribution in [0.15, 0.2) is 67.3 Å². The number of ether oxygens (including phenoxy) is 3. The minimum absolute atomic E-state index is 0.126. The molecule has 7 nitrogen and oxygen atoms in total. The minimum Gasteiger partial charge on any atom is -0.497 e. The molecule has 4 atom stereocenters.